The molecule has 1 saturated heterocycles. The predicted molar refractivity (Wildman–Crippen MR) is 109 cm³/mol. The molecule has 0 radical (unpaired) electrons. The van der Waals surface area contributed by atoms with E-state index in [9.17, 15) is 25.2 Å². The molecule has 0 saturated carbocycles. The number of aromatic hydroxyl groups is 1. The van der Waals surface area contributed by atoms with Gasteiger partial charge in [-0.1, -0.05) is 33.1 Å². The second-order valence-corrected chi connectivity index (χ2v) is 8.07. The maximum atomic E-state index is 12.7. The van der Waals surface area contributed by atoms with Crippen LogP contribution in [-0.2, 0) is 9.47 Å². The minimum atomic E-state index is -1.49. The third kappa shape index (κ3) is 4.45. The molecule has 9 heteroatoms. The number of rotatable bonds is 9. The molecule has 1 unspecified atom stereocenters. The minimum Gasteiger partial charge on any atom is -0.504 e. The van der Waals surface area contributed by atoms with Gasteiger partial charge in [-0.3, -0.25) is 0 Å². The molecular formula is C22H32O9. The number of fused-ring (bicyclic) bond motifs is 3. The number of carbonyl (C=O) groups is 1. The van der Waals surface area contributed by atoms with E-state index in [-0.39, 0.29) is 28.4 Å². The van der Waals surface area contributed by atoms with Crippen molar-refractivity contribution in [2.45, 2.75) is 70.1 Å². The molecule has 0 aliphatic carbocycles. The van der Waals surface area contributed by atoms with E-state index in [1.54, 1.807) is 0 Å². The lowest BCUT2D eigenvalue weighted by Gasteiger charge is -2.44. The zero-order valence-electron chi connectivity index (χ0n) is 18.1. The SMILES string of the molecule is CCCCC(CC)COc1cc2c(c(O)c1OC)[C@@H]1O[C@H](CO)[C@@H](O)[C@H](O)[C@H]1OC2=O. The number of benzene rings is 1. The Morgan fingerprint density at radius 3 is 2.58 bits per heavy atom. The molecule has 0 bridgehead atoms. The average molecular weight is 440 g/mol. The lowest BCUT2D eigenvalue weighted by atomic mass is 9.86. The Bertz CT molecular complexity index is 781. The van der Waals surface area contributed by atoms with Gasteiger partial charge in [0.15, 0.2) is 17.6 Å². The normalized spacial score (nSPS) is 28.3. The number of methoxy groups -OCH3 is 1. The van der Waals surface area contributed by atoms with Crippen LogP contribution in [0.15, 0.2) is 6.07 Å². The van der Waals surface area contributed by atoms with Crippen molar-refractivity contribution in [2.24, 2.45) is 5.92 Å². The maximum absolute atomic E-state index is 12.7. The van der Waals surface area contributed by atoms with Gasteiger partial charge in [-0.25, -0.2) is 4.79 Å². The minimum absolute atomic E-state index is 0.0245. The van der Waals surface area contributed by atoms with E-state index in [2.05, 4.69) is 13.8 Å². The highest BCUT2D eigenvalue weighted by Crippen LogP contribution is 2.50. The Morgan fingerprint density at radius 1 is 1.23 bits per heavy atom. The molecule has 2 heterocycles. The lowest BCUT2D eigenvalue weighted by molar-refractivity contribution is -0.235. The highest BCUT2D eigenvalue weighted by atomic mass is 16.6. The number of aliphatic hydroxyl groups excluding tert-OH is 3. The Balaban J connectivity index is 1.95. The van der Waals surface area contributed by atoms with Crippen molar-refractivity contribution < 1.29 is 44.2 Å². The summed E-state index contributed by atoms with van der Waals surface area (Å²) in [5, 5.41) is 40.9. The molecule has 4 N–H and O–H groups in total. The zero-order valence-corrected chi connectivity index (χ0v) is 18.1. The van der Waals surface area contributed by atoms with E-state index in [1.165, 1.54) is 13.2 Å². The molecule has 2 aliphatic rings. The van der Waals surface area contributed by atoms with Crippen LogP contribution in [0.3, 0.4) is 0 Å². The largest absolute Gasteiger partial charge is 0.504 e. The second kappa shape index (κ2) is 10.0. The van der Waals surface area contributed by atoms with E-state index in [0.717, 1.165) is 25.7 Å². The number of ether oxygens (including phenoxy) is 4. The molecule has 1 aromatic carbocycles. The number of carbonyl (C=O) groups excluding carboxylic acids is 1. The third-order valence-electron chi connectivity index (χ3n) is 6.10. The van der Waals surface area contributed by atoms with Crippen LogP contribution in [0.5, 0.6) is 17.2 Å². The quantitative estimate of drug-likeness (QED) is 0.423. The molecule has 1 fully saturated rings. The maximum Gasteiger partial charge on any atom is 0.339 e. The predicted octanol–water partition coefficient (Wildman–Crippen LogP) is 1.69. The van der Waals surface area contributed by atoms with Crippen LogP contribution >= 0.6 is 0 Å². The van der Waals surface area contributed by atoms with Crippen LogP contribution < -0.4 is 9.47 Å². The van der Waals surface area contributed by atoms with Gasteiger partial charge in [0.05, 0.1) is 25.9 Å². The van der Waals surface area contributed by atoms with E-state index in [4.69, 9.17) is 18.9 Å². The first-order valence-corrected chi connectivity index (χ1v) is 10.8. The summed E-state index contributed by atoms with van der Waals surface area (Å²) in [4.78, 5) is 12.7. The summed E-state index contributed by atoms with van der Waals surface area (Å²) < 4.78 is 22.3. The number of phenols is 1. The first kappa shape index (κ1) is 23.6. The lowest BCUT2D eigenvalue weighted by Crippen LogP contribution is -2.58. The van der Waals surface area contributed by atoms with E-state index in [1.807, 2.05) is 0 Å². The van der Waals surface area contributed by atoms with Crippen LogP contribution in [0.4, 0.5) is 0 Å². The molecule has 31 heavy (non-hydrogen) atoms. The highest BCUT2D eigenvalue weighted by Gasteiger charge is 2.52. The number of hydrogen-bond donors (Lipinski definition) is 4. The topological polar surface area (TPSA) is 135 Å². The van der Waals surface area contributed by atoms with Crippen LogP contribution in [0.2, 0.25) is 0 Å². The summed E-state index contributed by atoms with van der Waals surface area (Å²) in [6, 6.07) is 1.44. The summed E-state index contributed by atoms with van der Waals surface area (Å²) in [6.07, 6.45) is -2.25. The summed E-state index contributed by atoms with van der Waals surface area (Å²) in [6.45, 7) is 4.06. The van der Waals surface area contributed by atoms with Gasteiger partial charge in [0.25, 0.3) is 0 Å². The monoisotopic (exact) mass is 440 g/mol. The van der Waals surface area contributed by atoms with Crippen molar-refractivity contribution in [3.63, 3.8) is 0 Å². The van der Waals surface area contributed by atoms with E-state index in [0.29, 0.717) is 12.5 Å². The summed E-state index contributed by atoms with van der Waals surface area (Å²) >= 11 is 0. The Hall–Kier alpha value is -2.07. The van der Waals surface area contributed by atoms with Crippen LogP contribution in [0.1, 0.15) is 61.6 Å². The number of unbranched alkanes of at least 4 members (excludes halogenated alkanes) is 1. The van der Waals surface area contributed by atoms with Crippen molar-refractivity contribution in [2.75, 3.05) is 20.3 Å². The first-order valence-electron chi connectivity index (χ1n) is 10.8. The number of phenolic OH excluding ortho intramolecular Hbond substituents is 1. The number of hydrogen-bond acceptors (Lipinski definition) is 9. The van der Waals surface area contributed by atoms with Gasteiger partial charge in [-0.05, 0) is 18.4 Å². The van der Waals surface area contributed by atoms with Crippen LogP contribution in [0, 0.1) is 5.92 Å². The molecule has 1 aromatic rings. The molecule has 0 aromatic heterocycles. The molecule has 0 spiro atoms. The summed E-state index contributed by atoms with van der Waals surface area (Å²) in [5.74, 6) is -0.567. The molecule has 3 rings (SSSR count). The average Bonchev–Trinajstić information content (AvgIpc) is 2.77. The molecular weight excluding hydrogens is 408 g/mol. The van der Waals surface area contributed by atoms with Crippen molar-refractivity contribution in [3.05, 3.63) is 17.2 Å². The van der Waals surface area contributed by atoms with E-state index >= 15 is 0 Å². The second-order valence-electron chi connectivity index (χ2n) is 8.07. The van der Waals surface area contributed by atoms with Crippen LogP contribution in [-0.4, -0.2) is 71.1 Å². The Labute approximate surface area is 181 Å². The first-order chi connectivity index (χ1) is 14.9. The smallest absolute Gasteiger partial charge is 0.339 e. The van der Waals surface area contributed by atoms with Gasteiger partial charge < -0.3 is 39.4 Å². The number of esters is 1. The highest BCUT2D eigenvalue weighted by molar-refractivity contribution is 5.95. The molecule has 6 atom stereocenters. The van der Waals surface area contributed by atoms with Gasteiger partial charge >= 0.3 is 5.97 Å². The number of aliphatic hydroxyl groups is 3. The fourth-order valence-corrected chi connectivity index (χ4v) is 4.15. The Morgan fingerprint density at radius 2 is 1.97 bits per heavy atom. The van der Waals surface area contributed by atoms with E-state index < -0.39 is 43.1 Å². The molecule has 2 aliphatic heterocycles. The fourth-order valence-electron chi connectivity index (χ4n) is 4.15. The van der Waals surface area contributed by atoms with Crippen molar-refractivity contribution in [1.82, 2.24) is 0 Å². The van der Waals surface area contributed by atoms with Gasteiger partial charge in [0.2, 0.25) is 5.75 Å². The molecule has 174 valence electrons. The molecule has 0 amide bonds. The fraction of sp³-hybridized carbons (Fsp3) is 0.682. The van der Waals surface area contributed by atoms with Crippen molar-refractivity contribution in [1.29, 1.82) is 0 Å². The molecule has 9 nitrogen and oxygen atoms in total. The summed E-state index contributed by atoms with van der Waals surface area (Å²) in [7, 11) is 1.37. The Kier molecular flexibility index (Phi) is 7.64. The van der Waals surface area contributed by atoms with Gasteiger partial charge in [-0.15, -0.1) is 0 Å². The van der Waals surface area contributed by atoms with Gasteiger partial charge in [0.1, 0.15) is 24.4 Å². The van der Waals surface area contributed by atoms with Crippen LogP contribution in [0.25, 0.3) is 0 Å². The van der Waals surface area contributed by atoms with Gasteiger partial charge in [0, 0.05) is 5.56 Å². The van der Waals surface area contributed by atoms with Crippen molar-refractivity contribution in [3.8, 4) is 17.2 Å². The standard InChI is InChI=1S/C22H32O9/c1-4-6-7-11(5-2)10-29-13-8-12-15(17(25)19(13)28-3)20-21(31-22(12)27)18(26)16(24)14(9-23)30-20/h8,11,14,16,18,20-21,23-26H,4-7,9-10H2,1-3H3/t11?,14-,16-,18+,20+,21-/m1/s1. The van der Waals surface area contributed by atoms with Gasteiger partial charge in [-0.2, -0.15) is 0 Å². The van der Waals surface area contributed by atoms with Crippen molar-refractivity contribution >= 4 is 5.97 Å². The summed E-state index contributed by atoms with van der Waals surface area (Å²) in [5.41, 5.74) is 0.101. The zero-order chi connectivity index (χ0) is 22.7. The third-order valence-corrected chi connectivity index (χ3v) is 6.10.